The van der Waals surface area contributed by atoms with Crippen molar-refractivity contribution < 1.29 is 9.15 Å². The van der Waals surface area contributed by atoms with Crippen LogP contribution < -0.4 is 0 Å². The zero-order chi connectivity index (χ0) is 4.62. The molecule has 0 aromatic carbocycles. The second kappa shape index (κ2) is 0.930. The SMILES string of the molecule is C=C[Si]1(C)OO1. The third-order valence-corrected chi connectivity index (χ3v) is 2.15. The second-order valence-electron chi connectivity index (χ2n) is 1.39. The summed E-state index contributed by atoms with van der Waals surface area (Å²) in [7, 11) is -1.62. The highest BCUT2D eigenvalue weighted by molar-refractivity contribution is 6.75. The van der Waals surface area contributed by atoms with Crippen LogP contribution in [0.25, 0.3) is 0 Å². The summed E-state index contributed by atoms with van der Waals surface area (Å²) in [6.45, 7) is 5.44. The molecule has 1 rings (SSSR count). The van der Waals surface area contributed by atoms with Gasteiger partial charge in [-0.05, 0) is 12.2 Å². The predicted octanol–water partition coefficient (Wildman–Crippen LogP) is 0.745. The summed E-state index contributed by atoms with van der Waals surface area (Å²) in [6, 6.07) is 0. The van der Waals surface area contributed by atoms with Crippen molar-refractivity contribution in [3.8, 4) is 0 Å². The van der Waals surface area contributed by atoms with Gasteiger partial charge in [0.25, 0.3) is 0 Å². The maximum absolute atomic E-state index is 4.57. The molecular formula is C3H6O2Si. The van der Waals surface area contributed by atoms with Gasteiger partial charge >= 0.3 is 8.56 Å². The first-order valence-electron chi connectivity index (χ1n) is 1.77. The van der Waals surface area contributed by atoms with Gasteiger partial charge in [0.1, 0.15) is 0 Å². The molecule has 2 nitrogen and oxygen atoms in total. The summed E-state index contributed by atoms with van der Waals surface area (Å²) < 4.78 is 9.13. The fourth-order valence-electron chi connectivity index (χ4n) is 0.134. The predicted molar refractivity (Wildman–Crippen MR) is 24.0 cm³/mol. The van der Waals surface area contributed by atoms with Gasteiger partial charge in [0, 0.05) is 0 Å². The van der Waals surface area contributed by atoms with E-state index >= 15 is 0 Å². The minimum Gasteiger partial charge on any atom is -0.251 e. The van der Waals surface area contributed by atoms with Crippen molar-refractivity contribution in [3.63, 3.8) is 0 Å². The van der Waals surface area contributed by atoms with Crippen LogP contribution in [0.3, 0.4) is 0 Å². The molecule has 0 radical (unpaired) electrons. The van der Waals surface area contributed by atoms with Gasteiger partial charge in [-0.1, -0.05) is 0 Å². The summed E-state index contributed by atoms with van der Waals surface area (Å²) in [5.41, 5.74) is 1.74. The highest BCUT2D eigenvalue weighted by Crippen LogP contribution is 2.22. The molecule has 0 amide bonds. The lowest BCUT2D eigenvalue weighted by molar-refractivity contribution is 0.0850. The summed E-state index contributed by atoms with van der Waals surface area (Å²) >= 11 is 0. The van der Waals surface area contributed by atoms with E-state index in [2.05, 4.69) is 15.7 Å². The molecular weight excluding hydrogens is 96.1 g/mol. The Hall–Kier alpha value is -0.123. The van der Waals surface area contributed by atoms with Gasteiger partial charge in [-0.25, -0.2) is 0 Å². The van der Waals surface area contributed by atoms with Crippen molar-refractivity contribution in [1.29, 1.82) is 0 Å². The molecule has 0 aromatic heterocycles. The normalized spacial score (nSPS) is 26.2. The monoisotopic (exact) mass is 102 g/mol. The molecule has 34 valence electrons. The molecule has 1 saturated heterocycles. The van der Waals surface area contributed by atoms with E-state index in [1.54, 1.807) is 5.70 Å². The molecule has 0 aliphatic carbocycles. The molecule has 0 unspecified atom stereocenters. The summed E-state index contributed by atoms with van der Waals surface area (Å²) in [4.78, 5) is 0. The summed E-state index contributed by atoms with van der Waals surface area (Å²) in [5, 5.41) is 0. The van der Waals surface area contributed by atoms with Gasteiger partial charge in [0.15, 0.2) is 0 Å². The van der Waals surface area contributed by atoms with Crippen LogP contribution in [0.1, 0.15) is 0 Å². The highest BCUT2D eigenvalue weighted by Gasteiger charge is 2.45. The van der Waals surface area contributed by atoms with E-state index in [4.69, 9.17) is 0 Å². The third kappa shape index (κ3) is 0.517. The first kappa shape index (κ1) is 4.05. The molecule has 6 heavy (non-hydrogen) atoms. The smallest absolute Gasteiger partial charge is 0.251 e. The minimum atomic E-state index is -1.62. The van der Waals surface area contributed by atoms with Gasteiger partial charge < -0.3 is 0 Å². The zero-order valence-corrected chi connectivity index (χ0v) is 4.60. The molecule has 0 aromatic rings. The Morgan fingerprint density at radius 2 is 2.17 bits per heavy atom. The third-order valence-electron chi connectivity index (χ3n) is 0.717. The summed E-state index contributed by atoms with van der Waals surface area (Å²) in [6.07, 6.45) is 0. The Morgan fingerprint density at radius 1 is 1.67 bits per heavy atom. The largest absolute Gasteiger partial charge is 0.426 e. The van der Waals surface area contributed by atoms with Crippen LogP contribution in [0.4, 0.5) is 0 Å². The number of hydrogen-bond acceptors (Lipinski definition) is 2. The maximum Gasteiger partial charge on any atom is 0.426 e. The van der Waals surface area contributed by atoms with Gasteiger partial charge in [-0.15, -0.1) is 6.58 Å². The fraction of sp³-hybridized carbons (Fsp3) is 0.333. The molecule has 1 aliphatic rings. The topological polar surface area (TPSA) is 25.1 Å². The lowest BCUT2D eigenvalue weighted by atomic mass is 11.3. The van der Waals surface area contributed by atoms with Crippen LogP contribution in [0.2, 0.25) is 6.55 Å². The van der Waals surface area contributed by atoms with Crippen LogP contribution in [0.15, 0.2) is 12.3 Å². The molecule has 0 N–H and O–H groups in total. The molecule has 3 heteroatoms. The average molecular weight is 102 g/mol. The van der Waals surface area contributed by atoms with E-state index in [0.29, 0.717) is 0 Å². The summed E-state index contributed by atoms with van der Waals surface area (Å²) in [5.74, 6) is 0. The lowest BCUT2D eigenvalue weighted by Gasteiger charge is -1.71. The van der Waals surface area contributed by atoms with E-state index in [1.807, 2.05) is 6.55 Å². The molecule has 0 bridgehead atoms. The standard InChI is InChI=1S/C3H6O2Si/c1-3-6(2)4-5-6/h3H,1H2,2H3. The molecule has 0 spiro atoms. The van der Waals surface area contributed by atoms with E-state index in [0.717, 1.165) is 0 Å². The van der Waals surface area contributed by atoms with E-state index < -0.39 is 8.56 Å². The average Bonchev–Trinajstić information content (AvgIpc) is 2.22. The fourth-order valence-corrected chi connectivity index (χ4v) is 0.796. The van der Waals surface area contributed by atoms with Crippen molar-refractivity contribution in [2.45, 2.75) is 6.55 Å². The zero-order valence-electron chi connectivity index (χ0n) is 3.60. The first-order valence-corrected chi connectivity index (χ1v) is 4.17. The van der Waals surface area contributed by atoms with Crippen LogP contribution in [0, 0.1) is 0 Å². The second-order valence-corrected chi connectivity index (χ2v) is 4.16. The lowest BCUT2D eigenvalue weighted by Crippen LogP contribution is -2.02. The molecule has 0 saturated carbocycles. The maximum atomic E-state index is 4.57. The van der Waals surface area contributed by atoms with E-state index in [1.165, 1.54) is 0 Å². The quantitative estimate of drug-likeness (QED) is 0.277. The van der Waals surface area contributed by atoms with Crippen molar-refractivity contribution >= 4 is 8.56 Å². The van der Waals surface area contributed by atoms with Crippen molar-refractivity contribution in [2.24, 2.45) is 0 Å². The van der Waals surface area contributed by atoms with Crippen molar-refractivity contribution in [1.82, 2.24) is 0 Å². The Morgan fingerprint density at radius 3 is 2.17 bits per heavy atom. The van der Waals surface area contributed by atoms with Gasteiger partial charge in [-0.3, -0.25) is 9.15 Å². The first-order chi connectivity index (χ1) is 2.77. The van der Waals surface area contributed by atoms with Gasteiger partial charge in [-0.2, -0.15) is 0 Å². The van der Waals surface area contributed by atoms with Crippen LogP contribution in [0.5, 0.6) is 0 Å². The van der Waals surface area contributed by atoms with Crippen LogP contribution in [-0.2, 0) is 9.15 Å². The highest BCUT2D eigenvalue weighted by atomic mass is 28.4. The van der Waals surface area contributed by atoms with E-state index in [-0.39, 0.29) is 0 Å². The van der Waals surface area contributed by atoms with Crippen LogP contribution >= 0.6 is 0 Å². The molecule has 1 aliphatic heterocycles. The minimum absolute atomic E-state index is 1.62. The van der Waals surface area contributed by atoms with Crippen molar-refractivity contribution in [2.75, 3.05) is 0 Å². The number of hydrogen-bond donors (Lipinski definition) is 0. The molecule has 0 atom stereocenters. The van der Waals surface area contributed by atoms with E-state index in [9.17, 15) is 0 Å². The van der Waals surface area contributed by atoms with Gasteiger partial charge in [0.05, 0.1) is 0 Å². The Balaban J connectivity index is 2.47. The van der Waals surface area contributed by atoms with Gasteiger partial charge in [0.2, 0.25) is 0 Å². The Labute approximate surface area is 37.6 Å². The molecule has 1 fully saturated rings. The molecule has 1 heterocycles. The van der Waals surface area contributed by atoms with Crippen molar-refractivity contribution in [3.05, 3.63) is 12.3 Å². The Bertz CT molecular complexity index is 76.9. The van der Waals surface area contributed by atoms with Crippen LogP contribution in [-0.4, -0.2) is 8.56 Å². The number of rotatable bonds is 1. The Kier molecular flexibility index (Phi) is 0.627.